The maximum atomic E-state index is 12.1. The third-order valence-electron chi connectivity index (χ3n) is 3.74. The summed E-state index contributed by atoms with van der Waals surface area (Å²) in [6.07, 6.45) is 1.41. The fourth-order valence-electron chi connectivity index (χ4n) is 2.67. The average molecular weight is 347 g/mol. The van der Waals surface area contributed by atoms with Gasteiger partial charge in [0.05, 0.1) is 12.6 Å². The Morgan fingerprint density at radius 1 is 1.45 bits per heavy atom. The number of likely N-dealkylation sites (tertiary alicyclic amines) is 1. The topological polar surface area (TPSA) is 69.6 Å². The Kier molecular flexibility index (Phi) is 7.13. The van der Waals surface area contributed by atoms with Crippen LogP contribution < -0.4 is 5.32 Å². The Hall–Kier alpha value is -1.30. The summed E-state index contributed by atoms with van der Waals surface area (Å²) in [5, 5.41) is 12.6. The van der Waals surface area contributed by atoms with E-state index in [0.29, 0.717) is 18.0 Å². The van der Waals surface area contributed by atoms with Crippen LogP contribution in [0.3, 0.4) is 0 Å². The monoisotopic (exact) mass is 346 g/mol. The zero-order valence-corrected chi connectivity index (χ0v) is 13.9. The second-order valence-corrected chi connectivity index (χ2v) is 5.68. The van der Waals surface area contributed by atoms with Crippen molar-refractivity contribution in [2.75, 3.05) is 13.1 Å². The standard InChI is InChI=1S/C15H19ClN2O3.ClH/c1-10(11-5-2-3-6-12(11)16)17-14(19)9-18-8-4-7-13(18)15(20)21;/h2-3,5-6,10,13H,4,7-9H2,1H3,(H,17,19)(H,20,21);1H. The number of hydrogen-bond donors (Lipinski definition) is 2. The summed E-state index contributed by atoms with van der Waals surface area (Å²) in [7, 11) is 0. The lowest BCUT2D eigenvalue weighted by Gasteiger charge is -2.22. The highest BCUT2D eigenvalue weighted by Crippen LogP contribution is 2.22. The van der Waals surface area contributed by atoms with Crippen LogP contribution in [0.15, 0.2) is 24.3 Å². The van der Waals surface area contributed by atoms with E-state index in [1.165, 1.54) is 0 Å². The third-order valence-corrected chi connectivity index (χ3v) is 4.09. The zero-order valence-electron chi connectivity index (χ0n) is 12.3. The molecule has 1 fully saturated rings. The predicted octanol–water partition coefficient (Wildman–Crippen LogP) is 2.49. The number of nitrogens with one attached hydrogen (secondary N) is 1. The molecular formula is C15H20Cl2N2O3. The Morgan fingerprint density at radius 2 is 2.14 bits per heavy atom. The number of amides is 1. The molecule has 2 N–H and O–H groups in total. The molecule has 1 heterocycles. The highest BCUT2D eigenvalue weighted by Gasteiger charge is 2.31. The van der Waals surface area contributed by atoms with Gasteiger partial charge in [0.1, 0.15) is 6.04 Å². The van der Waals surface area contributed by atoms with Crippen molar-refractivity contribution < 1.29 is 14.7 Å². The van der Waals surface area contributed by atoms with Gasteiger partial charge in [-0.1, -0.05) is 29.8 Å². The van der Waals surface area contributed by atoms with E-state index < -0.39 is 12.0 Å². The fourth-order valence-corrected chi connectivity index (χ4v) is 2.97. The molecule has 0 aromatic heterocycles. The van der Waals surface area contributed by atoms with Gasteiger partial charge in [0, 0.05) is 5.02 Å². The summed E-state index contributed by atoms with van der Waals surface area (Å²) in [6.45, 7) is 2.61. The molecule has 5 nitrogen and oxygen atoms in total. The van der Waals surface area contributed by atoms with Gasteiger partial charge in [-0.25, -0.2) is 0 Å². The zero-order chi connectivity index (χ0) is 15.4. The second-order valence-electron chi connectivity index (χ2n) is 5.28. The molecule has 1 amide bonds. The molecule has 122 valence electrons. The van der Waals surface area contributed by atoms with E-state index in [-0.39, 0.29) is 30.9 Å². The summed E-state index contributed by atoms with van der Waals surface area (Å²) in [5.41, 5.74) is 0.851. The first kappa shape index (κ1) is 18.7. The van der Waals surface area contributed by atoms with Gasteiger partial charge >= 0.3 is 5.97 Å². The van der Waals surface area contributed by atoms with Gasteiger partial charge in [-0.05, 0) is 37.9 Å². The fraction of sp³-hybridized carbons (Fsp3) is 0.467. The molecule has 1 aromatic rings. The van der Waals surface area contributed by atoms with Gasteiger partial charge in [0.15, 0.2) is 0 Å². The van der Waals surface area contributed by atoms with E-state index in [2.05, 4.69) is 5.32 Å². The molecule has 2 atom stereocenters. The Balaban J connectivity index is 0.00000242. The number of carbonyl (C=O) groups excluding carboxylic acids is 1. The maximum absolute atomic E-state index is 12.1. The Morgan fingerprint density at radius 3 is 2.77 bits per heavy atom. The van der Waals surface area contributed by atoms with Crippen LogP contribution in [0.5, 0.6) is 0 Å². The molecule has 1 aliphatic heterocycles. The van der Waals surface area contributed by atoms with Gasteiger partial charge in [-0.3, -0.25) is 14.5 Å². The number of aliphatic carboxylic acids is 1. The highest BCUT2D eigenvalue weighted by atomic mass is 35.5. The summed E-state index contributed by atoms with van der Waals surface area (Å²) < 4.78 is 0. The van der Waals surface area contributed by atoms with Crippen LogP contribution in [0.25, 0.3) is 0 Å². The van der Waals surface area contributed by atoms with Crippen molar-refractivity contribution in [2.24, 2.45) is 0 Å². The van der Waals surface area contributed by atoms with Gasteiger partial charge in [0.2, 0.25) is 5.91 Å². The predicted molar refractivity (Wildman–Crippen MR) is 87.5 cm³/mol. The third kappa shape index (κ3) is 4.60. The van der Waals surface area contributed by atoms with Crippen molar-refractivity contribution in [3.05, 3.63) is 34.9 Å². The number of carboxylic acid groups (broad SMARTS) is 1. The first-order chi connectivity index (χ1) is 9.99. The van der Waals surface area contributed by atoms with Gasteiger partial charge in [-0.15, -0.1) is 12.4 Å². The SMILES string of the molecule is CC(NC(=O)CN1CCCC1C(=O)O)c1ccccc1Cl.Cl. The number of rotatable bonds is 5. The van der Waals surface area contributed by atoms with Crippen molar-refractivity contribution in [1.29, 1.82) is 0 Å². The number of carboxylic acids is 1. The molecule has 22 heavy (non-hydrogen) atoms. The summed E-state index contributed by atoms with van der Waals surface area (Å²) in [4.78, 5) is 24.9. The maximum Gasteiger partial charge on any atom is 0.320 e. The molecule has 0 spiro atoms. The van der Waals surface area contributed by atoms with Crippen molar-refractivity contribution in [2.45, 2.75) is 31.8 Å². The van der Waals surface area contributed by atoms with E-state index in [4.69, 9.17) is 16.7 Å². The molecule has 7 heteroatoms. The van der Waals surface area contributed by atoms with Gasteiger partial charge < -0.3 is 10.4 Å². The molecule has 0 radical (unpaired) electrons. The van der Waals surface area contributed by atoms with E-state index in [0.717, 1.165) is 12.0 Å². The smallest absolute Gasteiger partial charge is 0.320 e. The number of halogens is 2. The molecule has 0 saturated carbocycles. The average Bonchev–Trinajstić information content (AvgIpc) is 2.87. The van der Waals surface area contributed by atoms with E-state index >= 15 is 0 Å². The van der Waals surface area contributed by atoms with Crippen molar-refractivity contribution in [3.8, 4) is 0 Å². The van der Waals surface area contributed by atoms with Crippen LogP contribution in [-0.2, 0) is 9.59 Å². The molecule has 0 bridgehead atoms. The van der Waals surface area contributed by atoms with E-state index in [9.17, 15) is 9.59 Å². The van der Waals surface area contributed by atoms with Crippen LogP contribution in [0.2, 0.25) is 5.02 Å². The van der Waals surface area contributed by atoms with Crippen molar-refractivity contribution >= 4 is 35.9 Å². The second kappa shape index (κ2) is 8.36. The summed E-state index contributed by atoms with van der Waals surface area (Å²) >= 11 is 6.10. The number of nitrogens with zero attached hydrogens (tertiary/aromatic N) is 1. The number of carbonyl (C=O) groups is 2. The number of hydrogen-bond acceptors (Lipinski definition) is 3. The van der Waals surface area contributed by atoms with Gasteiger partial charge in [-0.2, -0.15) is 0 Å². The minimum absolute atomic E-state index is 0. The highest BCUT2D eigenvalue weighted by molar-refractivity contribution is 6.31. The molecule has 1 aliphatic rings. The molecule has 1 aromatic carbocycles. The normalized spacial score (nSPS) is 19.3. The molecule has 2 unspecified atom stereocenters. The minimum Gasteiger partial charge on any atom is -0.480 e. The van der Waals surface area contributed by atoms with Crippen LogP contribution in [0, 0.1) is 0 Å². The lowest BCUT2D eigenvalue weighted by Crippen LogP contribution is -2.43. The summed E-state index contributed by atoms with van der Waals surface area (Å²) in [5.74, 6) is -1.05. The number of benzene rings is 1. The Bertz CT molecular complexity index is 539. The van der Waals surface area contributed by atoms with Crippen molar-refractivity contribution in [3.63, 3.8) is 0 Å². The summed E-state index contributed by atoms with van der Waals surface area (Å²) in [6, 6.07) is 6.58. The Labute approximate surface area is 141 Å². The largest absolute Gasteiger partial charge is 0.480 e. The lowest BCUT2D eigenvalue weighted by molar-refractivity contribution is -0.142. The van der Waals surface area contributed by atoms with Crippen LogP contribution in [-0.4, -0.2) is 41.0 Å². The first-order valence-corrected chi connectivity index (χ1v) is 7.37. The molecule has 1 saturated heterocycles. The molecular weight excluding hydrogens is 327 g/mol. The molecule has 2 rings (SSSR count). The first-order valence-electron chi connectivity index (χ1n) is 6.99. The van der Waals surface area contributed by atoms with Gasteiger partial charge in [0.25, 0.3) is 0 Å². The lowest BCUT2D eigenvalue weighted by atomic mass is 10.1. The van der Waals surface area contributed by atoms with E-state index in [1.54, 1.807) is 11.0 Å². The molecule has 0 aliphatic carbocycles. The van der Waals surface area contributed by atoms with E-state index in [1.807, 2.05) is 25.1 Å². The van der Waals surface area contributed by atoms with Crippen molar-refractivity contribution in [1.82, 2.24) is 10.2 Å². The quantitative estimate of drug-likeness (QED) is 0.859. The minimum atomic E-state index is -0.862. The van der Waals surface area contributed by atoms with Crippen LogP contribution >= 0.6 is 24.0 Å². The van der Waals surface area contributed by atoms with Crippen LogP contribution in [0.4, 0.5) is 0 Å². The van der Waals surface area contributed by atoms with Crippen LogP contribution in [0.1, 0.15) is 31.4 Å².